The van der Waals surface area contributed by atoms with E-state index in [-0.39, 0.29) is 12.0 Å². The van der Waals surface area contributed by atoms with Crippen molar-refractivity contribution in [3.63, 3.8) is 0 Å². The van der Waals surface area contributed by atoms with Crippen molar-refractivity contribution in [2.24, 2.45) is 0 Å². The highest BCUT2D eigenvalue weighted by Crippen LogP contribution is 2.44. The first-order chi connectivity index (χ1) is 15.5. The molecular weight excluding hydrogens is 394 g/mol. The number of hydrogen-bond donors (Lipinski definition) is 1. The molecular formula is C29H31NO2. The zero-order chi connectivity index (χ0) is 22.7. The average Bonchev–Trinajstić information content (AvgIpc) is 3.12. The maximum Gasteiger partial charge on any atom is 0.407 e. The lowest BCUT2D eigenvalue weighted by molar-refractivity contribution is 0.143. The van der Waals surface area contributed by atoms with Crippen molar-refractivity contribution in [1.82, 2.24) is 5.32 Å². The Bertz CT molecular complexity index is 1100. The number of fused-ring (bicyclic) bond motifs is 3. The lowest BCUT2D eigenvalue weighted by Crippen LogP contribution is -2.26. The number of benzene rings is 3. The molecule has 3 aromatic rings. The van der Waals surface area contributed by atoms with Crippen LogP contribution in [-0.4, -0.2) is 19.2 Å². The fourth-order valence-corrected chi connectivity index (χ4v) is 4.61. The van der Waals surface area contributed by atoms with E-state index < -0.39 is 0 Å². The molecule has 164 valence electrons. The van der Waals surface area contributed by atoms with Crippen LogP contribution in [0, 0.1) is 27.7 Å². The first kappa shape index (κ1) is 21.9. The predicted octanol–water partition coefficient (Wildman–Crippen LogP) is 6.86. The molecule has 3 heteroatoms. The monoisotopic (exact) mass is 425 g/mol. The van der Waals surface area contributed by atoms with Gasteiger partial charge in [0.1, 0.15) is 6.61 Å². The molecule has 3 nitrogen and oxygen atoms in total. The van der Waals surface area contributed by atoms with Gasteiger partial charge in [0, 0.05) is 12.5 Å². The first-order valence-electron chi connectivity index (χ1n) is 11.3. The van der Waals surface area contributed by atoms with E-state index in [1.807, 2.05) is 12.1 Å². The molecule has 0 bridgehead atoms. The third kappa shape index (κ3) is 4.34. The van der Waals surface area contributed by atoms with Crippen LogP contribution >= 0.6 is 0 Å². The number of amides is 1. The molecule has 0 fully saturated rings. The molecule has 0 saturated carbocycles. The zero-order valence-corrected chi connectivity index (χ0v) is 19.4. The number of alkyl carbamates (subject to hydrolysis) is 1. The average molecular weight is 426 g/mol. The molecule has 1 aliphatic rings. The second-order valence-electron chi connectivity index (χ2n) is 8.62. The summed E-state index contributed by atoms with van der Waals surface area (Å²) in [5, 5.41) is 2.88. The maximum absolute atomic E-state index is 12.3. The smallest absolute Gasteiger partial charge is 0.407 e. The molecule has 0 aliphatic heterocycles. The highest BCUT2D eigenvalue weighted by molar-refractivity contribution is 5.79. The Labute approximate surface area is 191 Å². The van der Waals surface area contributed by atoms with Crippen molar-refractivity contribution in [1.29, 1.82) is 0 Å². The number of rotatable bonds is 6. The molecule has 32 heavy (non-hydrogen) atoms. The minimum atomic E-state index is -0.362. The van der Waals surface area contributed by atoms with E-state index in [2.05, 4.69) is 87.6 Å². The molecule has 0 radical (unpaired) electrons. The Kier molecular flexibility index (Phi) is 6.45. The van der Waals surface area contributed by atoms with Gasteiger partial charge in [-0.3, -0.25) is 0 Å². The summed E-state index contributed by atoms with van der Waals surface area (Å²) >= 11 is 0. The zero-order valence-electron chi connectivity index (χ0n) is 19.4. The quantitative estimate of drug-likeness (QED) is 0.438. The van der Waals surface area contributed by atoms with E-state index in [9.17, 15) is 4.79 Å². The van der Waals surface area contributed by atoms with Gasteiger partial charge >= 0.3 is 6.09 Å². The molecule has 1 N–H and O–H groups in total. The van der Waals surface area contributed by atoms with Crippen LogP contribution in [0.5, 0.6) is 0 Å². The van der Waals surface area contributed by atoms with Crippen molar-refractivity contribution in [3.05, 3.63) is 99.6 Å². The first-order valence-corrected chi connectivity index (χ1v) is 11.3. The summed E-state index contributed by atoms with van der Waals surface area (Å²) in [5.74, 6) is 0.0866. The number of nitrogens with one attached hydrogen (secondary N) is 1. The highest BCUT2D eigenvalue weighted by Gasteiger charge is 2.28. The largest absolute Gasteiger partial charge is 0.449 e. The van der Waals surface area contributed by atoms with Gasteiger partial charge in [0.2, 0.25) is 0 Å². The third-order valence-corrected chi connectivity index (χ3v) is 6.63. The highest BCUT2D eigenvalue weighted by atomic mass is 16.5. The van der Waals surface area contributed by atoms with Gasteiger partial charge in [0.15, 0.2) is 0 Å². The summed E-state index contributed by atoms with van der Waals surface area (Å²) < 4.78 is 5.60. The van der Waals surface area contributed by atoms with Gasteiger partial charge in [-0.05, 0) is 84.2 Å². The lowest BCUT2D eigenvalue weighted by Gasteiger charge is -2.14. The number of carbonyl (C=O) groups is 1. The second kappa shape index (κ2) is 9.44. The van der Waals surface area contributed by atoms with Crippen molar-refractivity contribution in [2.75, 3.05) is 13.2 Å². The van der Waals surface area contributed by atoms with Crippen LogP contribution in [0.2, 0.25) is 0 Å². The van der Waals surface area contributed by atoms with Gasteiger partial charge in [-0.2, -0.15) is 0 Å². The molecule has 1 aliphatic carbocycles. The van der Waals surface area contributed by atoms with Gasteiger partial charge in [0.25, 0.3) is 0 Å². The number of ether oxygens (including phenoxy) is 1. The summed E-state index contributed by atoms with van der Waals surface area (Å²) in [6, 6.07) is 19.0. The fourth-order valence-electron chi connectivity index (χ4n) is 4.61. The molecule has 0 spiro atoms. The van der Waals surface area contributed by atoms with E-state index in [4.69, 9.17) is 4.74 Å². The van der Waals surface area contributed by atoms with Gasteiger partial charge in [-0.15, -0.1) is 0 Å². The number of hydrogen-bond acceptors (Lipinski definition) is 2. The summed E-state index contributed by atoms with van der Waals surface area (Å²) in [6.07, 6.45) is 4.69. The lowest BCUT2D eigenvalue weighted by atomic mass is 9.94. The van der Waals surface area contributed by atoms with Crippen molar-refractivity contribution >= 4 is 12.2 Å². The summed E-state index contributed by atoms with van der Waals surface area (Å²) in [5.41, 5.74) is 11.5. The van der Waals surface area contributed by atoms with Crippen LogP contribution < -0.4 is 5.32 Å². The van der Waals surface area contributed by atoms with E-state index >= 15 is 0 Å². The molecule has 3 aromatic carbocycles. The van der Waals surface area contributed by atoms with E-state index in [0.717, 1.165) is 6.42 Å². The normalized spacial score (nSPS) is 12.6. The van der Waals surface area contributed by atoms with Crippen molar-refractivity contribution in [2.45, 2.75) is 40.0 Å². The Morgan fingerprint density at radius 1 is 0.906 bits per heavy atom. The summed E-state index contributed by atoms with van der Waals surface area (Å²) in [6.45, 7) is 9.52. The van der Waals surface area contributed by atoms with Crippen LogP contribution in [0.15, 0.2) is 60.7 Å². The van der Waals surface area contributed by atoms with Gasteiger partial charge in [-0.1, -0.05) is 66.7 Å². The van der Waals surface area contributed by atoms with Gasteiger partial charge in [0.05, 0.1) is 0 Å². The van der Waals surface area contributed by atoms with E-state index in [0.29, 0.717) is 13.2 Å². The SMILES string of the molecule is Cc1cc(C)c(C)c(C=CCCNC(=O)OCC2c3ccccc3-c3ccccc32)c1C. The third-order valence-electron chi connectivity index (χ3n) is 6.63. The molecule has 1 amide bonds. The van der Waals surface area contributed by atoms with Crippen LogP contribution in [0.4, 0.5) is 4.79 Å². The van der Waals surface area contributed by atoms with Crippen LogP contribution in [0.1, 0.15) is 51.3 Å². The topological polar surface area (TPSA) is 38.3 Å². The number of aryl methyl sites for hydroxylation is 2. The Morgan fingerprint density at radius 3 is 2.06 bits per heavy atom. The van der Waals surface area contributed by atoms with Crippen molar-refractivity contribution in [3.8, 4) is 11.1 Å². The Balaban J connectivity index is 1.30. The number of carbonyl (C=O) groups excluding carboxylic acids is 1. The Hall–Kier alpha value is -3.33. The molecule has 0 aromatic heterocycles. The van der Waals surface area contributed by atoms with E-state index in [1.54, 1.807) is 0 Å². The molecule has 4 rings (SSSR count). The summed E-state index contributed by atoms with van der Waals surface area (Å²) in [4.78, 5) is 12.3. The molecule has 0 heterocycles. The van der Waals surface area contributed by atoms with Gasteiger partial charge < -0.3 is 10.1 Å². The fraction of sp³-hybridized carbons (Fsp3) is 0.276. The predicted molar refractivity (Wildman–Crippen MR) is 132 cm³/mol. The second-order valence-corrected chi connectivity index (χ2v) is 8.62. The maximum atomic E-state index is 12.3. The molecule has 0 unspecified atom stereocenters. The Morgan fingerprint density at radius 2 is 1.47 bits per heavy atom. The van der Waals surface area contributed by atoms with E-state index in [1.165, 1.54) is 50.1 Å². The standard InChI is InChI=1S/C29H31NO2/c1-19-17-20(2)22(4)23(21(19)3)11-9-10-16-30-29(31)32-18-28-26-14-7-5-12-24(26)25-13-6-8-15-27(25)28/h5-9,11-15,17,28H,10,16,18H2,1-4H3,(H,30,31). The van der Waals surface area contributed by atoms with Crippen molar-refractivity contribution < 1.29 is 9.53 Å². The minimum absolute atomic E-state index is 0.0866. The van der Waals surface area contributed by atoms with Gasteiger partial charge in [-0.25, -0.2) is 4.79 Å². The van der Waals surface area contributed by atoms with Crippen LogP contribution in [0.25, 0.3) is 17.2 Å². The minimum Gasteiger partial charge on any atom is -0.449 e. The molecule has 0 atom stereocenters. The van der Waals surface area contributed by atoms with Crippen LogP contribution in [-0.2, 0) is 4.74 Å². The summed E-state index contributed by atoms with van der Waals surface area (Å²) in [7, 11) is 0. The van der Waals surface area contributed by atoms with Crippen LogP contribution in [0.3, 0.4) is 0 Å². The molecule has 0 saturated heterocycles.